The minimum Gasteiger partial charge on any atom is -0.488 e. The largest absolute Gasteiger partial charge is 0.488 e. The maximum Gasteiger partial charge on any atom is 0.211 e. The fraction of sp³-hybridized carbons (Fsp3) is 0.0667. The van der Waals surface area contributed by atoms with Gasteiger partial charge >= 0.3 is 0 Å². The first-order valence-electron chi connectivity index (χ1n) is 6.34. The van der Waals surface area contributed by atoms with Crippen LogP contribution in [0.5, 0.6) is 5.75 Å². The van der Waals surface area contributed by atoms with E-state index in [1.54, 1.807) is 18.2 Å². The highest BCUT2D eigenvalue weighted by Crippen LogP contribution is 2.21. The first-order chi connectivity index (χ1) is 10.6. The highest BCUT2D eigenvalue weighted by molar-refractivity contribution is 6.31. The number of para-hydroxylation sites is 1. The van der Waals surface area contributed by atoms with E-state index >= 15 is 0 Å². The summed E-state index contributed by atoms with van der Waals surface area (Å²) in [5, 5.41) is 7.58. The standard InChI is InChI=1S/C15H14ClFN4O/c16-13-7-12(17)6-5-11(13)9-22-14-4-2-1-3-10(14)8-20-21-15(18)19/h1-8H,9H2,(H4,18,19,21). The van der Waals surface area contributed by atoms with E-state index in [9.17, 15) is 4.39 Å². The van der Waals surface area contributed by atoms with E-state index in [0.717, 1.165) is 0 Å². The van der Waals surface area contributed by atoms with E-state index in [0.29, 0.717) is 21.9 Å². The van der Waals surface area contributed by atoms with Crippen molar-refractivity contribution in [2.75, 3.05) is 0 Å². The summed E-state index contributed by atoms with van der Waals surface area (Å²) in [5.74, 6) is 0.0590. The van der Waals surface area contributed by atoms with E-state index in [-0.39, 0.29) is 12.6 Å². The number of hydrogen-bond acceptors (Lipinski definition) is 3. The average Bonchev–Trinajstić information content (AvgIpc) is 2.47. The van der Waals surface area contributed by atoms with Crippen LogP contribution in [-0.4, -0.2) is 12.2 Å². The van der Waals surface area contributed by atoms with Crippen molar-refractivity contribution in [1.29, 1.82) is 0 Å². The molecule has 0 unspecified atom stereocenters. The molecule has 4 N–H and O–H groups in total. The number of guanidine groups is 1. The van der Waals surface area contributed by atoms with Gasteiger partial charge in [0.05, 0.1) is 11.2 Å². The first-order valence-corrected chi connectivity index (χ1v) is 6.72. The van der Waals surface area contributed by atoms with E-state index in [1.165, 1.54) is 18.3 Å². The van der Waals surface area contributed by atoms with Crippen molar-refractivity contribution in [3.05, 3.63) is 64.4 Å². The number of ether oxygens (including phenoxy) is 1. The van der Waals surface area contributed by atoms with Gasteiger partial charge in [-0.3, -0.25) is 0 Å². The van der Waals surface area contributed by atoms with Crippen molar-refractivity contribution in [1.82, 2.24) is 0 Å². The van der Waals surface area contributed by atoms with Crippen LogP contribution in [0.2, 0.25) is 5.02 Å². The number of nitrogens with two attached hydrogens (primary N) is 2. The van der Waals surface area contributed by atoms with Crippen molar-refractivity contribution >= 4 is 23.8 Å². The third kappa shape index (κ3) is 4.46. The molecule has 0 saturated carbocycles. The van der Waals surface area contributed by atoms with Crippen LogP contribution in [0.1, 0.15) is 11.1 Å². The Morgan fingerprint density at radius 2 is 2.00 bits per heavy atom. The SMILES string of the molecule is NC(N)=NN=Cc1ccccc1OCc1ccc(F)cc1Cl. The molecular weight excluding hydrogens is 307 g/mol. The second-order valence-electron chi connectivity index (χ2n) is 4.33. The molecule has 22 heavy (non-hydrogen) atoms. The van der Waals surface area contributed by atoms with Crippen molar-refractivity contribution in [2.45, 2.75) is 6.61 Å². The minimum atomic E-state index is -0.390. The summed E-state index contributed by atoms with van der Waals surface area (Å²) in [6.45, 7) is 0.201. The predicted molar refractivity (Wildman–Crippen MR) is 85.6 cm³/mol. The Hall–Kier alpha value is -2.60. The van der Waals surface area contributed by atoms with Crippen LogP contribution in [0, 0.1) is 5.82 Å². The summed E-state index contributed by atoms with van der Waals surface area (Å²) in [5.41, 5.74) is 11.8. The lowest BCUT2D eigenvalue weighted by Gasteiger charge is -2.10. The number of nitrogens with zero attached hydrogens (tertiary/aromatic N) is 2. The van der Waals surface area contributed by atoms with Gasteiger partial charge in [-0.25, -0.2) is 4.39 Å². The summed E-state index contributed by atoms with van der Waals surface area (Å²) < 4.78 is 18.7. The number of halogens is 2. The molecule has 0 bridgehead atoms. The lowest BCUT2D eigenvalue weighted by molar-refractivity contribution is 0.305. The maximum absolute atomic E-state index is 13.0. The van der Waals surface area contributed by atoms with Gasteiger partial charge in [0, 0.05) is 11.1 Å². The van der Waals surface area contributed by atoms with Gasteiger partial charge in [-0.05, 0) is 24.3 Å². The Balaban J connectivity index is 2.13. The van der Waals surface area contributed by atoms with Gasteiger partial charge in [0.25, 0.3) is 0 Å². The molecule has 0 aromatic heterocycles. The maximum atomic E-state index is 13.0. The van der Waals surface area contributed by atoms with Crippen LogP contribution in [0.3, 0.4) is 0 Å². The highest BCUT2D eigenvalue weighted by atomic mass is 35.5. The summed E-state index contributed by atoms with van der Waals surface area (Å²) in [6.07, 6.45) is 1.47. The number of rotatable bonds is 5. The lowest BCUT2D eigenvalue weighted by Crippen LogP contribution is -2.21. The van der Waals surface area contributed by atoms with E-state index in [2.05, 4.69) is 10.2 Å². The minimum absolute atomic E-state index is 0.132. The molecule has 0 radical (unpaired) electrons. The average molecular weight is 321 g/mol. The van der Waals surface area contributed by atoms with Gasteiger partial charge < -0.3 is 16.2 Å². The van der Waals surface area contributed by atoms with Crippen LogP contribution in [0.4, 0.5) is 4.39 Å². The Morgan fingerprint density at radius 3 is 2.73 bits per heavy atom. The smallest absolute Gasteiger partial charge is 0.211 e. The van der Waals surface area contributed by atoms with Gasteiger partial charge in [0.2, 0.25) is 5.96 Å². The molecule has 0 saturated heterocycles. The van der Waals surface area contributed by atoms with Gasteiger partial charge in [0.15, 0.2) is 0 Å². The second kappa shape index (κ2) is 7.42. The summed E-state index contributed by atoms with van der Waals surface area (Å²) in [4.78, 5) is 0. The molecule has 0 aliphatic heterocycles. The molecule has 0 amide bonds. The topological polar surface area (TPSA) is 86.0 Å². The predicted octanol–water partition coefficient (Wildman–Crippen LogP) is 2.67. The van der Waals surface area contributed by atoms with Crippen LogP contribution in [0.15, 0.2) is 52.7 Å². The monoisotopic (exact) mass is 320 g/mol. The van der Waals surface area contributed by atoms with Crippen LogP contribution < -0.4 is 16.2 Å². The highest BCUT2D eigenvalue weighted by Gasteiger charge is 2.05. The lowest BCUT2D eigenvalue weighted by atomic mass is 10.2. The third-order valence-electron chi connectivity index (χ3n) is 2.69. The van der Waals surface area contributed by atoms with Crippen molar-refractivity contribution in [2.24, 2.45) is 21.7 Å². The van der Waals surface area contributed by atoms with E-state index in [4.69, 9.17) is 27.8 Å². The van der Waals surface area contributed by atoms with Crippen LogP contribution in [0.25, 0.3) is 0 Å². The normalized spacial score (nSPS) is 10.6. The number of hydrogen-bond donors (Lipinski definition) is 2. The molecule has 0 fully saturated rings. The van der Waals surface area contributed by atoms with Gasteiger partial charge in [-0.1, -0.05) is 29.8 Å². The van der Waals surface area contributed by atoms with E-state index < -0.39 is 5.82 Å². The zero-order valence-corrected chi connectivity index (χ0v) is 12.3. The number of benzene rings is 2. The molecule has 2 aromatic rings. The second-order valence-corrected chi connectivity index (χ2v) is 4.74. The fourth-order valence-corrected chi connectivity index (χ4v) is 1.89. The Labute approximate surface area is 132 Å². The summed E-state index contributed by atoms with van der Waals surface area (Å²) in [7, 11) is 0. The molecule has 5 nitrogen and oxygen atoms in total. The summed E-state index contributed by atoms with van der Waals surface area (Å²) >= 11 is 5.96. The molecular formula is C15H14ClFN4O. The summed E-state index contributed by atoms with van der Waals surface area (Å²) in [6, 6.07) is 11.4. The molecule has 0 atom stereocenters. The Morgan fingerprint density at radius 1 is 1.23 bits per heavy atom. The van der Waals surface area contributed by atoms with Crippen LogP contribution in [-0.2, 0) is 6.61 Å². The quantitative estimate of drug-likeness (QED) is 0.504. The molecule has 114 valence electrons. The molecule has 2 aromatic carbocycles. The Bertz CT molecular complexity index is 714. The van der Waals surface area contributed by atoms with Crippen molar-refractivity contribution in [3.8, 4) is 5.75 Å². The zero-order valence-electron chi connectivity index (χ0n) is 11.5. The fourth-order valence-electron chi connectivity index (χ4n) is 1.67. The van der Waals surface area contributed by atoms with Crippen molar-refractivity contribution in [3.63, 3.8) is 0 Å². The zero-order chi connectivity index (χ0) is 15.9. The molecule has 2 rings (SSSR count). The molecule has 7 heteroatoms. The molecule has 0 aliphatic rings. The van der Waals surface area contributed by atoms with Crippen LogP contribution >= 0.6 is 11.6 Å². The molecule has 0 heterocycles. The first kappa shape index (κ1) is 15.8. The van der Waals surface area contributed by atoms with E-state index in [1.807, 2.05) is 12.1 Å². The Kier molecular flexibility index (Phi) is 5.32. The van der Waals surface area contributed by atoms with Gasteiger partial charge in [-0.2, -0.15) is 5.10 Å². The van der Waals surface area contributed by atoms with Gasteiger partial charge in [-0.15, -0.1) is 5.10 Å². The van der Waals surface area contributed by atoms with Crippen molar-refractivity contribution < 1.29 is 9.13 Å². The molecule has 0 spiro atoms. The molecule has 0 aliphatic carbocycles. The van der Waals surface area contributed by atoms with Gasteiger partial charge in [0.1, 0.15) is 18.2 Å². The third-order valence-corrected chi connectivity index (χ3v) is 3.04.